The second kappa shape index (κ2) is 2.80. The van der Waals surface area contributed by atoms with Crippen molar-refractivity contribution in [1.82, 2.24) is 0 Å². The molecule has 1 aliphatic heterocycles. The molecule has 4 heteroatoms. The fourth-order valence-corrected chi connectivity index (χ4v) is 1.82. The molecule has 0 aromatic heterocycles. The first kappa shape index (κ1) is 9.18. The second-order valence-corrected chi connectivity index (χ2v) is 3.45. The monoisotopic (exact) mass is 192 g/mol. The number of carbonyl (C=O) groups is 1. The largest absolute Gasteiger partial charge is 0.374 e. The maximum Gasteiger partial charge on any atom is 0.264 e. The van der Waals surface area contributed by atoms with Crippen molar-refractivity contribution in [1.29, 1.82) is 0 Å². The zero-order valence-electron chi connectivity index (χ0n) is 7.90. The average molecular weight is 192 g/mol. The molecule has 4 nitrogen and oxygen atoms in total. The maximum absolute atomic E-state index is 11.7. The van der Waals surface area contributed by atoms with Gasteiger partial charge in [-0.1, -0.05) is 18.2 Å². The lowest BCUT2D eigenvalue weighted by atomic mass is 9.96. The third-order valence-electron chi connectivity index (χ3n) is 2.66. The van der Waals surface area contributed by atoms with E-state index in [1.54, 1.807) is 25.2 Å². The van der Waals surface area contributed by atoms with Gasteiger partial charge in [-0.25, -0.2) is 0 Å². The number of hydrogen-bond donors (Lipinski definition) is 2. The van der Waals surface area contributed by atoms with E-state index in [-0.39, 0.29) is 12.5 Å². The predicted molar refractivity (Wildman–Crippen MR) is 52.8 cm³/mol. The van der Waals surface area contributed by atoms with Crippen LogP contribution in [0.2, 0.25) is 0 Å². The molecular weight excluding hydrogens is 180 g/mol. The summed E-state index contributed by atoms with van der Waals surface area (Å²) in [6.45, 7) is -0.0901. The molecule has 1 atom stereocenters. The third kappa shape index (κ3) is 0.921. The fraction of sp³-hybridized carbons (Fsp3) is 0.300. The molecule has 0 radical (unpaired) electrons. The number of likely N-dealkylation sites (N-methyl/N-ethyl adjacent to an activating group) is 1. The Morgan fingerprint density at radius 3 is 2.79 bits per heavy atom. The van der Waals surface area contributed by atoms with Gasteiger partial charge in [0.25, 0.3) is 5.91 Å². The van der Waals surface area contributed by atoms with Gasteiger partial charge in [-0.2, -0.15) is 0 Å². The summed E-state index contributed by atoms with van der Waals surface area (Å²) in [5.74, 6) is -0.360. The molecule has 0 aliphatic carbocycles. The van der Waals surface area contributed by atoms with Gasteiger partial charge in [0.1, 0.15) is 0 Å². The van der Waals surface area contributed by atoms with Crippen molar-refractivity contribution in [3.63, 3.8) is 0 Å². The van der Waals surface area contributed by atoms with Crippen LogP contribution in [-0.4, -0.2) is 24.6 Å². The van der Waals surface area contributed by atoms with Gasteiger partial charge in [-0.05, 0) is 6.07 Å². The summed E-state index contributed by atoms with van der Waals surface area (Å²) in [6, 6.07) is 7.13. The number of fused-ring (bicyclic) bond motifs is 1. The third-order valence-corrected chi connectivity index (χ3v) is 2.66. The number of para-hydroxylation sites is 1. The van der Waals surface area contributed by atoms with Crippen LogP contribution in [-0.2, 0) is 10.4 Å². The van der Waals surface area contributed by atoms with Gasteiger partial charge in [0.2, 0.25) is 0 Å². The highest BCUT2D eigenvalue weighted by molar-refractivity contribution is 6.06. The minimum atomic E-state index is -1.54. The minimum Gasteiger partial charge on any atom is -0.374 e. The van der Waals surface area contributed by atoms with Crippen LogP contribution in [0.5, 0.6) is 0 Å². The SMILES string of the molecule is CN1C(=O)C(O)(CN)c2ccccc21. The first-order valence-electron chi connectivity index (χ1n) is 4.41. The van der Waals surface area contributed by atoms with Gasteiger partial charge in [0, 0.05) is 19.2 Å². The Labute approximate surface area is 81.9 Å². The van der Waals surface area contributed by atoms with Gasteiger partial charge in [-0.3, -0.25) is 4.79 Å². The van der Waals surface area contributed by atoms with Crippen molar-refractivity contribution < 1.29 is 9.90 Å². The number of hydrogen-bond acceptors (Lipinski definition) is 3. The summed E-state index contributed by atoms with van der Waals surface area (Å²) < 4.78 is 0. The zero-order valence-corrected chi connectivity index (χ0v) is 7.90. The van der Waals surface area contributed by atoms with Gasteiger partial charge in [0.05, 0.1) is 5.69 Å². The lowest BCUT2D eigenvalue weighted by molar-refractivity contribution is -0.134. The number of nitrogens with two attached hydrogens (primary N) is 1. The van der Waals surface area contributed by atoms with Crippen molar-refractivity contribution in [3.05, 3.63) is 29.8 Å². The first-order chi connectivity index (χ1) is 6.61. The number of carbonyl (C=O) groups excluding carboxylic acids is 1. The summed E-state index contributed by atoms with van der Waals surface area (Å²) in [4.78, 5) is 13.1. The number of anilines is 1. The molecule has 74 valence electrons. The maximum atomic E-state index is 11.7. The summed E-state index contributed by atoms with van der Waals surface area (Å²) >= 11 is 0. The molecule has 1 aliphatic rings. The molecule has 1 unspecified atom stereocenters. The molecule has 1 aromatic rings. The lowest BCUT2D eigenvalue weighted by Gasteiger charge is -2.18. The predicted octanol–water partition coefficient (Wildman–Crippen LogP) is -0.191. The van der Waals surface area contributed by atoms with E-state index in [1.165, 1.54) is 4.90 Å². The van der Waals surface area contributed by atoms with Gasteiger partial charge in [-0.15, -0.1) is 0 Å². The first-order valence-corrected chi connectivity index (χ1v) is 4.41. The van der Waals surface area contributed by atoms with Crippen LogP contribution in [0, 0.1) is 0 Å². The summed E-state index contributed by atoms with van der Waals surface area (Å²) in [5, 5.41) is 10.1. The van der Waals surface area contributed by atoms with Crippen LogP contribution < -0.4 is 10.6 Å². The van der Waals surface area contributed by atoms with E-state index in [0.717, 1.165) is 5.69 Å². The molecule has 0 spiro atoms. The molecule has 0 saturated heterocycles. The van der Waals surface area contributed by atoms with Crippen LogP contribution in [0.25, 0.3) is 0 Å². The van der Waals surface area contributed by atoms with Crippen molar-refractivity contribution in [2.45, 2.75) is 5.60 Å². The Morgan fingerprint density at radius 2 is 2.14 bits per heavy atom. The quantitative estimate of drug-likeness (QED) is 0.648. The van der Waals surface area contributed by atoms with E-state index in [2.05, 4.69) is 0 Å². The molecule has 1 aromatic carbocycles. The molecule has 3 N–H and O–H groups in total. The molecule has 2 rings (SSSR count). The molecular formula is C10H12N2O2. The van der Waals surface area contributed by atoms with Crippen molar-refractivity contribution >= 4 is 11.6 Å². The Hall–Kier alpha value is -1.39. The molecule has 14 heavy (non-hydrogen) atoms. The molecule has 1 amide bonds. The Kier molecular flexibility index (Phi) is 1.83. The van der Waals surface area contributed by atoms with Crippen LogP contribution in [0.15, 0.2) is 24.3 Å². The number of amides is 1. The number of rotatable bonds is 1. The number of benzene rings is 1. The van der Waals surface area contributed by atoms with E-state index in [0.29, 0.717) is 5.56 Å². The Bertz CT molecular complexity index is 391. The zero-order chi connectivity index (χ0) is 10.3. The lowest BCUT2D eigenvalue weighted by Crippen LogP contribution is -2.44. The topological polar surface area (TPSA) is 66.6 Å². The van der Waals surface area contributed by atoms with Gasteiger partial charge < -0.3 is 15.7 Å². The number of nitrogens with zero attached hydrogens (tertiary/aromatic N) is 1. The average Bonchev–Trinajstić information content (AvgIpc) is 2.43. The number of aliphatic hydroxyl groups is 1. The van der Waals surface area contributed by atoms with Gasteiger partial charge in [0.15, 0.2) is 5.60 Å². The smallest absolute Gasteiger partial charge is 0.264 e. The summed E-state index contributed by atoms with van der Waals surface area (Å²) in [5.41, 5.74) is 5.22. The summed E-state index contributed by atoms with van der Waals surface area (Å²) in [7, 11) is 1.63. The summed E-state index contributed by atoms with van der Waals surface area (Å²) in [6.07, 6.45) is 0. The minimum absolute atomic E-state index is 0.0901. The van der Waals surface area contributed by atoms with Gasteiger partial charge >= 0.3 is 0 Å². The second-order valence-electron chi connectivity index (χ2n) is 3.45. The van der Waals surface area contributed by atoms with E-state index < -0.39 is 5.60 Å². The highest BCUT2D eigenvalue weighted by Gasteiger charge is 2.47. The molecule has 0 saturated carbocycles. The molecule has 0 fully saturated rings. The Morgan fingerprint density at radius 1 is 1.50 bits per heavy atom. The highest BCUT2D eigenvalue weighted by Crippen LogP contribution is 2.38. The van der Waals surface area contributed by atoms with E-state index >= 15 is 0 Å². The van der Waals surface area contributed by atoms with E-state index in [1.807, 2.05) is 6.07 Å². The van der Waals surface area contributed by atoms with Crippen LogP contribution in [0.1, 0.15) is 5.56 Å². The normalized spacial score (nSPS) is 25.4. The van der Waals surface area contributed by atoms with E-state index in [9.17, 15) is 9.90 Å². The van der Waals surface area contributed by atoms with Crippen molar-refractivity contribution in [2.75, 3.05) is 18.5 Å². The van der Waals surface area contributed by atoms with Crippen molar-refractivity contribution in [3.8, 4) is 0 Å². The van der Waals surface area contributed by atoms with Crippen LogP contribution in [0.4, 0.5) is 5.69 Å². The molecule has 0 bridgehead atoms. The molecule has 1 heterocycles. The fourth-order valence-electron chi connectivity index (χ4n) is 1.82. The van der Waals surface area contributed by atoms with Crippen LogP contribution in [0.3, 0.4) is 0 Å². The van der Waals surface area contributed by atoms with Crippen LogP contribution >= 0.6 is 0 Å². The Balaban J connectivity index is 2.65. The van der Waals surface area contributed by atoms with Crippen molar-refractivity contribution in [2.24, 2.45) is 5.73 Å². The standard InChI is InChI=1S/C10H12N2O2/c1-12-8-5-3-2-4-7(8)10(14,6-11)9(12)13/h2-5,14H,6,11H2,1H3. The van der Waals surface area contributed by atoms with E-state index in [4.69, 9.17) is 5.73 Å². The highest BCUT2D eigenvalue weighted by atomic mass is 16.3.